The summed E-state index contributed by atoms with van der Waals surface area (Å²) in [6.45, 7) is 1.85. The number of halogens is 1. The van der Waals surface area contributed by atoms with Crippen molar-refractivity contribution in [1.82, 2.24) is 20.0 Å². The van der Waals surface area contributed by atoms with E-state index < -0.39 is 0 Å². The maximum absolute atomic E-state index is 13.2. The molecule has 0 spiro atoms. The van der Waals surface area contributed by atoms with Crippen molar-refractivity contribution in [3.05, 3.63) is 46.8 Å². The SMILES string of the molecule is Cc1c(-c2n[nH]c(=S)o2)cnn1-c1cccc(F)c1. The fourth-order valence-corrected chi connectivity index (χ4v) is 1.96. The van der Waals surface area contributed by atoms with Gasteiger partial charge in [0, 0.05) is 0 Å². The number of hydrogen-bond acceptors (Lipinski definition) is 4. The van der Waals surface area contributed by atoms with E-state index in [-0.39, 0.29) is 10.7 Å². The van der Waals surface area contributed by atoms with Gasteiger partial charge in [0.25, 0.3) is 4.84 Å². The highest BCUT2D eigenvalue weighted by Crippen LogP contribution is 2.23. The van der Waals surface area contributed by atoms with Gasteiger partial charge in [0.2, 0.25) is 5.89 Å². The lowest BCUT2D eigenvalue weighted by Gasteiger charge is -2.04. The fourth-order valence-electron chi connectivity index (χ4n) is 1.83. The van der Waals surface area contributed by atoms with E-state index >= 15 is 0 Å². The summed E-state index contributed by atoms with van der Waals surface area (Å²) in [4.78, 5) is 0.202. The second-order valence-corrected chi connectivity index (χ2v) is 4.32. The highest BCUT2D eigenvalue weighted by molar-refractivity contribution is 7.71. The molecule has 3 aromatic rings. The van der Waals surface area contributed by atoms with Crippen molar-refractivity contribution in [2.75, 3.05) is 0 Å². The van der Waals surface area contributed by atoms with E-state index in [1.54, 1.807) is 23.0 Å². The monoisotopic (exact) mass is 276 g/mol. The van der Waals surface area contributed by atoms with Crippen LogP contribution in [0.1, 0.15) is 5.69 Å². The Kier molecular flexibility index (Phi) is 2.75. The molecular weight excluding hydrogens is 267 g/mol. The lowest BCUT2D eigenvalue weighted by Crippen LogP contribution is -1.99. The number of benzene rings is 1. The Morgan fingerprint density at radius 2 is 2.26 bits per heavy atom. The van der Waals surface area contributed by atoms with Gasteiger partial charge in [0.05, 0.1) is 23.1 Å². The minimum Gasteiger partial charge on any atom is -0.409 e. The first kappa shape index (κ1) is 11.8. The molecule has 0 fully saturated rings. The zero-order valence-electron chi connectivity index (χ0n) is 9.92. The molecule has 19 heavy (non-hydrogen) atoms. The van der Waals surface area contributed by atoms with Crippen LogP contribution in [0, 0.1) is 17.6 Å². The average Bonchev–Trinajstić information content (AvgIpc) is 2.95. The smallest absolute Gasteiger partial charge is 0.284 e. The van der Waals surface area contributed by atoms with Crippen molar-refractivity contribution in [3.8, 4) is 17.1 Å². The minimum absolute atomic E-state index is 0.202. The van der Waals surface area contributed by atoms with Crippen LogP contribution in [0.25, 0.3) is 17.1 Å². The largest absolute Gasteiger partial charge is 0.409 e. The molecule has 0 saturated heterocycles. The van der Waals surface area contributed by atoms with Gasteiger partial charge in [-0.2, -0.15) is 5.10 Å². The maximum Gasteiger partial charge on any atom is 0.284 e. The van der Waals surface area contributed by atoms with Crippen LogP contribution in [0.2, 0.25) is 0 Å². The number of nitrogens with one attached hydrogen (secondary N) is 1. The third-order valence-electron chi connectivity index (χ3n) is 2.73. The number of hydrogen-bond donors (Lipinski definition) is 1. The van der Waals surface area contributed by atoms with Gasteiger partial charge in [-0.3, -0.25) is 0 Å². The third kappa shape index (κ3) is 2.08. The fraction of sp³-hybridized carbons (Fsp3) is 0.0833. The molecule has 0 aliphatic carbocycles. The second kappa shape index (κ2) is 4.43. The van der Waals surface area contributed by atoms with Crippen LogP contribution in [0.5, 0.6) is 0 Å². The van der Waals surface area contributed by atoms with Gasteiger partial charge in [0.1, 0.15) is 5.82 Å². The van der Waals surface area contributed by atoms with Crippen LogP contribution in [0.15, 0.2) is 34.9 Å². The van der Waals surface area contributed by atoms with Crippen LogP contribution in [0.4, 0.5) is 4.39 Å². The van der Waals surface area contributed by atoms with Crippen molar-refractivity contribution < 1.29 is 8.81 Å². The molecule has 3 rings (SSSR count). The predicted molar refractivity (Wildman–Crippen MR) is 68.9 cm³/mol. The summed E-state index contributed by atoms with van der Waals surface area (Å²) in [5.41, 5.74) is 2.13. The van der Waals surface area contributed by atoms with Crippen LogP contribution in [-0.4, -0.2) is 20.0 Å². The van der Waals surface area contributed by atoms with Crippen LogP contribution in [0.3, 0.4) is 0 Å². The third-order valence-corrected chi connectivity index (χ3v) is 2.91. The van der Waals surface area contributed by atoms with E-state index in [0.29, 0.717) is 17.1 Å². The lowest BCUT2D eigenvalue weighted by atomic mass is 10.2. The topological polar surface area (TPSA) is 59.6 Å². The van der Waals surface area contributed by atoms with Gasteiger partial charge in [0.15, 0.2) is 0 Å². The maximum atomic E-state index is 13.2. The quantitative estimate of drug-likeness (QED) is 0.731. The highest BCUT2D eigenvalue weighted by Gasteiger charge is 2.14. The number of H-pyrrole nitrogens is 1. The zero-order chi connectivity index (χ0) is 13.4. The molecule has 0 amide bonds. The molecule has 2 heterocycles. The molecule has 0 aliphatic heterocycles. The predicted octanol–water partition coefficient (Wildman–Crippen LogP) is 3.03. The van der Waals surface area contributed by atoms with E-state index in [1.807, 2.05) is 6.92 Å². The van der Waals surface area contributed by atoms with Crippen molar-refractivity contribution in [2.24, 2.45) is 0 Å². The number of nitrogens with zero attached hydrogens (tertiary/aromatic N) is 3. The molecule has 0 bridgehead atoms. The Balaban J connectivity index is 2.11. The van der Waals surface area contributed by atoms with Gasteiger partial charge in [-0.15, -0.1) is 5.10 Å². The van der Waals surface area contributed by atoms with Crippen molar-refractivity contribution in [1.29, 1.82) is 0 Å². The lowest BCUT2D eigenvalue weighted by molar-refractivity contribution is 0.551. The first-order chi connectivity index (χ1) is 9.15. The summed E-state index contributed by atoms with van der Waals surface area (Å²) >= 11 is 4.83. The van der Waals surface area contributed by atoms with E-state index in [0.717, 1.165) is 5.69 Å². The Morgan fingerprint density at radius 1 is 1.42 bits per heavy atom. The summed E-state index contributed by atoms with van der Waals surface area (Å²) in [5.74, 6) is 0.0522. The average molecular weight is 276 g/mol. The molecular formula is C12H9FN4OS. The summed E-state index contributed by atoms with van der Waals surface area (Å²) in [5, 5.41) is 10.7. The van der Waals surface area contributed by atoms with Gasteiger partial charge >= 0.3 is 0 Å². The Morgan fingerprint density at radius 3 is 2.95 bits per heavy atom. The Bertz CT molecular complexity index is 789. The standard InChI is InChI=1S/C12H9FN4OS/c1-7-10(11-15-16-12(19)18-11)6-14-17(7)9-4-2-3-8(13)5-9/h2-6H,1H3,(H,16,19). The molecule has 0 aliphatic rings. The molecule has 96 valence electrons. The van der Waals surface area contributed by atoms with Gasteiger partial charge in [-0.05, 0) is 37.3 Å². The molecule has 1 N–H and O–H groups in total. The first-order valence-corrected chi connectivity index (χ1v) is 5.92. The van der Waals surface area contributed by atoms with Gasteiger partial charge in [-0.25, -0.2) is 14.2 Å². The van der Waals surface area contributed by atoms with Gasteiger partial charge in [-0.1, -0.05) is 6.07 Å². The minimum atomic E-state index is -0.314. The highest BCUT2D eigenvalue weighted by atomic mass is 32.1. The normalized spacial score (nSPS) is 10.8. The molecule has 0 unspecified atom stereocenters. The molecule has 0 atom stereocenters. The molecule has 0 radical (unpaired) electrons. The second-order valence-electron chi connectivity index (χ2n) is 3.95. The molecule has 1 aromatic carbocycles. The van der Waals surface area contributed by atoms with Crippen LogP contribution >= 0.6 is 12.2 Å². The zero-order valence-corrected chi connectivity index (χ0v) is 10.7. The first-order valence-electron chi connectivity index (χ1n) is 5.51. The summed E-state index contributed by atoms with van der Waals surface area (Å²) in [6.07, 6.45) is 1.61. The summed E-state index contributed by atoms with van der Waals surface area (Å²) < 4.78 is 20.1. The van der Waals surface area contributed by atoms with E-state index in [9.17, 15) is 4.39 Å². The summed E-state index contributed by atoms with van der Waals surface area (Å²) in [6, 6.07) is 6.19. The van der Waals surface area contributed by atoms with E-state index in [4.69, 9.17) is 16.6 Å². The summed E-state index contributed by atoms with van der Waals surface area (Å²) in [7, 11) is 0. The van der Waals surface area contributed by atoms with Crippen molar-refractivity contribution >= 4 is 12.2 Å². The number of aromatic amines is 1. The van der Waals surface area contributed by atoms with Gasteiger partial charge < -0.3 is 4.42 Å². The molecule has 2 aromatic heterocycles. The molecule has 0 saturated carbocycles. The van der Waals surface area contributed by atoms with Crippen LogP contribution < -0.4 is 0 Å². The number of aromatic nitrogens is 4. The van der Waals surface area contributed by atoms with E-state index in [2.05, 4.69) is 15.3 Å². The molecule has 5 nitrogen and oxygen atoms in total. The molecule has 7 heteroatoms. The Hall–Kier alpha value is -2.28. The van der Waals surface area contributed by atoms with Crippen molar-refractivity contribution in [3.63, 3.8) is 0 Å². The van der Waals surface area contributed by atoms with Crippen molar-refractivity contribution in [2.45, 2.75) is 6.92 Å². The Labute approximate surface area is 112 Å². The van der Waals surface area contributed by atoms with Crippen LogP contribution in [-0.2, 0) is 0 Å². The van der Waals surface area contributed by atoms with E-state index in [1.165, 1.54) is 12.1 Å². The number of rotatable bonds is 2.